The zero-order valence-corrected chi connectivity index (χ0v) is 17.6. The lowest BCUT2D eigenvalue weighted by atomic mass is 9.99. The Morgan fingerprint density at radius 3 is 2.55 bits per heavy atom. The van der Waals surface area contributed by atoms with Gasteiger partial charge in [0.15, 0.2) is 0 Å². The van der Waals surface area contributed by atoms with Crippen LogP contribution in [0.5, 0.6) is 0 Å². The van der Waals surface area contributed by atoms with Crippen molar-refractivity contribution in [3.05, 3.63) is 59.7 Å². The van der Waals surface area contributed by atoms with E-state index in [1.54, 1.807) is 24.5 Å². The molecule has 0 heterocycles. The maximum Gasteiger partial charge on any atom is 0.251 e. The Bertz CT molecular complexity index is 908. The van der Waals surface area contributed by atoms with E-state index in [-0.39, 0.29) is 25.7 Å². The lowest BCUT2D eigenvalue weighted by Gasteiger charge is -2.21. The van der Waals surface area contributed by atoms with Crippen LogP contribution in [0.25, 0.3) is 11.1 Å². The molecule has 0 saturated carbocycles. The number of nitrogens with one attached hydrogen (secondary N) is 2. The molecule has 2 rings (SSSR count). The summed E-state index contributed by atoms with van der Waals surface area (Å²) in [6.07, 6.45) is 0.624. The molecule has 8 nitrogen and oxygen atoms in total. The van der Waals surface area contributed by atoms with E-state index >= 15 is 0 Å². The normalized spacial score (nSPS) is 12.5. The lowest BCUT2D eigenvalue weighted by Crippen LogP contribution is -2.41. The second kappa shape index (κ2) is 12.4. The number of ether oxygens (including phenoxy) is 2. The van der Waals surface area contributed by atoms with Crippen LogP contribution < -0.4 is 10.8 Å². The fourth-order valence-corrected chi connectivity index (χ4v) is 3.12. The predicted octanol–water partition coefficient (Wildman–Crippen LogP) is 2.67. The predicted molar refractivity (Wildman–Crippen MR) is 114 cm³/mol. The first-order valence-electron chi connectivity index (χ1n) is 9.86. The maximum atomic E-state index is 12.7. The van der Waals surface area contributed by atoms with Crippen LogP contribution in [0.2, 0.25) is 0 Å². The van der Waals surface area contributed by atoms with Crippen molar-refractivity contribution in [1.29, 1.82) is 5.26 Å². The quantitative estimate of drug-likeness (QED) is 0.220. The molecule has 0 aliphatic heterocycles. The van der Waals surface area contributed by atoms with Gasteiger partial charge in [0.1, 0.15) is 6.79 Å². The third-order valence-corrected chi connectivity index (χ3v) is 4.74. The van der Waals surface area contributed by atoms with E-state index in [0.717, 1.165) is 16.7 Å². The van der Waals surface area contributed by atoms with Gasteiger partial charge in [-0.15, -0.1) is 0 Å². The molecule has 0 bridgehead atoms. The molecule has 0 aliphatic rings. The van der Waals surface area contributed by atoms with Crippen LogP contribution in [0, 0.1) is 17.2 Å². The van der Waals surface area contributed by atoms with Gasteiger partial charge >= 0.3 is 0 Å². The van der Waals surface area contributed by atoms with Gasteiger partial charge in [-0.05, 0) is 35.2 Å². The average molecular weight is 425 g/mol. The zero-order valence-electron chi connectivity index (χ0n) is 17.6. The Morgan fingerprint density at radius 1 is 1.16 bits per heavy atom. The van der Waals surface area contributed by atoms with Crippen LogP contribution in [0.1, 0.15) is 29.3 Å². The summed E-state index contributed by atoms with van der Waals surface area (Å²) in [4.78, 5) is 24.3. The summed E-state index contributed by atoms with van der Waals surface area (Å²) >= 11 is 0. The number of hydroxylamine groups is 1. The van der Waals surface area contributed by atoms with Gasteiger partial charge in [0, 0.05) is 18.6 Å². The molecule has 31 heavy (non-hydrogen) atoms. The first-order chi connectivity index (χ1) is 15.0. The third kappa shape index (κ3) is 7.50. The molecule has 0 spiro atoms. The molecule has 0 saturated heterocycles. The number of benzene rings is 2. The fourth-order valence-electron chi connectivity index (χ4n) is 3.12. The number of carbonyl (C=O) groups is 2. The van der Waals surface area contributed by atoms with Crippen molar-refractivity contribution in [2.45, 2.75) is 25.8 Å². The highest BCUT2D eigenvalue weighted by molar-refractivity contribution is 5.95. The molecule has 0 aliphatic carbocycles. The van der Waals surface area contributed by atoms with Gasteiger partial charge in [-0.25, -0.2) is 5.48 Å². The zero-order chi connectivity index (χ0) is 22.6. The van der Waals surface area contributed by atoms with Crippen molar-refractivity contribution in [3.8, 4) is 17.2 Å². The summed E-state index contributed by atoms with van der Waals surface area (Å²) in [6, 6.07) is 16.5. The highest BCUT2D eigenvalue weighted by atomic mass is 16.7. The standard InChI is InChI=1S/C23H27N3O5/c1-16(22(27)26-29)12-21(14-31-15-30-2)25-23(28)19-8-6-18(7-9-19)20-5-3-4-17(13-20)10-11-24/h3-9,13,16,21,29H,10,12,14-15H2,1-2H3,(H,25,28)(H,26,27). The highest BCUT2D eigenvalue weighted by Crippen LogP contribution is 2.21. The number of methoxy groups -OCH3 is 1. The highest BCUT2D eigenvalue weighted by Gasteiger charge is 2.21. The maximum absolute atomic E-state index is 12.7. The minimum Gasteiger partial charge on any atom is -0.359 e. The van der Waals surface area contributed by atoms with Crippen LogP contribution in [-0.2, 0) is 20.7 Å². The Kier molecular flexibility index (Phi) is 9.65. The average Bonchev–Trinajstić information content (AvgIpc) is 2.79. The molecule has 0 radical (unpaired) electrons. The fraction of sp³-hybridized carbons (Fsp3) is 0.348. The van der Waals surface area contributed by atoms with Crippen molar-refractivity contribution in [2.24, 2.45) is 5.92 Å². The summed E-state index contributed by atoms with van der Waals surface area (Å²) in [5, 5.41) is 20.5. The molecule has 2 aromatic rings. The number of hydrogen-bond donors (Lipinski definition) is 3. The van der Waals surface area contributed by atoms with Gasteiger partial charge in [-0.3, -0.25) is 14.8 Å². The van der Waals surface area contributed by atoms with E-state index in [1.165, 1.54) is 7.11 Å². The van der Waals surface area contributed by atoms with Crippen molar-refractivity contribution >= 4 is 11.8 Å². The van der Waals surface area contributed by atoms with Gasteiger partial charge in [-0.2, -0.15) is 5.26 Å². The first kappa shape index (κ1) is 24.0. The molecular weight excluding hydrogens is 398 g/mol. The van der Waals surface area contributed by atoms with Crippen LogP contribution in [0.4, 0.5) is 0 Å². The van der Waals surface area contributed by atoms with Crippen LogP contribution in [0.3, 0.4) is 0 Å². The summed E-state index contributed by atoms with van der Waals surface area (Å²) in [5.74, 6) is -1.36. The Morgan fingerprint density at radius 2 is 1.90 bits per heavy atom. The molecule has 164 valence electrons. The molecule has 2 unspecified atom stereocenters. The summed E-state index contributed by atoms with van der Waals surface area (Å²) in [6.45, 7) is 1.87. The number of rotatable bonds is 11. The number of hydrogen-bond acceptors (Lipinski definition) is 6. The SMILES string of the molecule is COCOCC(CC(C)C(=O)NO)NC(=O)c1ccc(-c2cccc(CC#N)c2)cc1. The third-order valence-electron chi connectivity index (χ3n) is 4.74. The van der Waals surface area contributed by atoms with Crippen molar-refractivity contribution in [1.82, 2.24) is 10.8 Å². The summed E-state index contributed by atoms with van der Waals surface area (Å²) in [5.41, 5.74) is 4.92. The Hall–Kier alpha value is -3.25. The smallest absolute Gasteiger partial charge is 0.251 e. The number of nitriles is 1. The van der Waals surface area contributed by atoms with E-state index in [4.69, 9.17) is 19.9 Å². The number of carbonyl (C=O) groups excluding carboxylic acids is 2. The van der Waals surface area contributed by atoms with Gasteiger partial charge in [0.25, 0.3) is 5.91 Å². The summed E-state index contributed by atoms with van der Waals surface area (Å²) in [7, 11) is 1.49. The van der Waals surface area contributed by atoms with Crippen molar-refractivity contribution in [3.63, 3.8) is 0 Å². The molecule has 3 N–H and O–H groups in total. The van der Waals surface area contributed by atoms with Gasteiger partial charge < -0.3 is 14.8 Å². The minimum absolute atomic E-state index is 0.0620. The molecular formula is C23H27N3O5. The van der Waals surface area contributed by atoms with Crippen molar-refractivity contribution in [2.75, 3.05) is 20.5 Å². The van der Waals surface area contributed by atoms with Gasteiger partial charge in [0.2, 0.25) is 5.91 Å². The van der Waals surface area contributed by atoms with E-state index in [2.05, 4.69) is 11.4 Å². The monoisotopic (exact) mass is 425 g/mol. The topological polar surface area (TPSA) is 121 Å². The van der Waals surface area contributed by atoms with E-state index in [0.29, 0.717) is 12.0 Å². The second-order valence-corrected chi connectivity index (χ2v) is 7.17. The molecule has 2 amide bonds. The van der Waals surface area contributed by atoms with Gasteiger partial charge in [0.05, 0.1) is 25.1 Å². The molecule has 0 fully saturated rings. The lowest BCUT2D eigenvalue weighted by molar-refractivity contribution is -0.133. The van der Waals surface area contributed by atoms with E-state index in [1.807, 2.05) is 36.4 Å². The largest absolute Gasteiger partial charge is 0.359 e. The minimum atomic E-state index is -0.533. The Labute approximate surface area is 181 Å². The second-order valence-electron chi connectivity index (χ2n) is 7.17. The van der Waals surface area contributed by atoms with Crippen molar-refractivity contribution < 1.29 is 24.3 Å². The number of nitrogens with zero attached hydrogens (tertiary/aromatic N) is 1. The molecule has 8 heteroatoms. The van der Waals surface area contributed by atoms with Crippen LogP contribution >= 0.6 is 0 Å². The van der Waals surface area contributed by atoms with Crippen LogP contribution in [0.15, 0.2) is 48.5 Å². The molecule has 0 aromatic heterocycles. The summed E-state index contributed by atoms with van der Waals surface area (Å²) < 4.78 is 10.2. The van der Waals surface area contributed by atoms with Gasteiger partial charge in [-0.1, -0.05) is 43.3 Å². The molecule has 2 atom stereocenters. The van der Waals surface area contributed by atoms with Crippen LogP contribution in [-0.4, -0.2) is 43.6 Å². The number of amides is 2. The first-order valence-corrected chi connectivity index (χ1v) is 9.86. The molecule has 2 aromatic carbocycles. The Balaban J connectivity index is 2.08. The van der Waals surface area contributed by atoms with E-state index in [9.17, 15) is 9.59 Å². The van der Waals surface area contributed by atoms with E-state index < -0.39 is 17.9 Å².